The highest BCUT2D eigenvalue weighted by Crippen LogP contribution is 2.45. The van der Waals surface area contributed by atoms with Gasteiger partial charge in [0.15, 0.2) is 0 Å². The molecule has 1 aromatic carbocycles. The molecule has 7 heteroatoms. The Balaban J connectivity index is 1.51. The molecule has 0 saturated carbocycles. The molecule has 0 unspecified atom stereocenters. The van der Waals surface area contributed by atoms with E-state index in [1.165, 1.54) is 0 Å². The van der Waals surface area contributed by atoms with E-state index in [0.717, 1.165) is 17.0 Å². The van der Waals surface area contributed by atoms with Crippen molar-refractivity contribution < 1.29 is 18.8 Å². The fourth-order valence-electron chi connectivity index (χ4n) is 4.56. The summed E-state index contributed by atoms with van der Waals surface area (Å²) in [6.07, 6.45) is 0.226. The number of carbonyl (C=O) groups excluding carboxylic acids is 2. The van der Waals surface area contributed by atoms with Crippen LogP contribution in [0.1, 0.15) is 30.0 Å². The van der Waals surface area contributed by atoms with Crippen LogP contribution in [0.2, 0.25) is 0 Å². The van der Waals surface area contributed by atoms with E-state index in [1.807, 2.05) is 41.0 Å². The highest BCUT2D eigenvalue weighted by molar-refractivity contribution is 5.79. The number of carbonyl (C=O) groups is 2. The minimum absolute atomic E-state index is 0.0151. The van der Waals surface area contributed by atoms with Gasteiger partial charge in [0.1, 0.15) is 11.5 Å². The number of benzene rings is 1. The zero-order chi connectivity index (χ0) is 19.8. The maximum atomic E-state index is 12.7. The lowest BCUT2D eigenvalue weighted by atomic mass is 9.89. The van der Waals surface area contributed by atoms with Crippen molar-refractivity contribution in [1.29, 1.82) is 0 Å². The molecular weight excluding hydrogens is 358 g/mol. The number of likely N-dealkylation sites (tertiary alicyclic amines) is 2. The molecule has 2 saturated heterocycles. The molecule has 0 spiro atoms. The van der Waals surface area contributed by atoms with E-state index in [9.17, 15) is 9.59 Å². The van der Waals surface area contributed by atoms with Gasteiger partial charge in [-0.2, -0.15) is 0 Å². The molecule has 2 fully saturated rings. The predicted molar refractivity (Wildman–Crippen MR) is 102 cm³/mol. The number of rotatable bonds is 4. The summed E-state index contributed by atoms with van der Waals surface area (Å²) in [6, 6.07) is 9.66. The van der Waals surface area contributed by atoms with Crippen LogP contribution < -0.4 is 4.74 Å². The second kappa shape index (κ2) is 7.30. The Morgan fingerprint density at radius 1 is 1.21 bits per heavy atom. The first-order chi connectivity index (χ1) is 13.5. The molecule has 2 aliphatic rings. The number of nitrogens with zero attached hydrogens (tertiary/aromatic N) is 3. The van der Waals surface area contributed by atoms with Crippen molar-refractivity contribution in [1.82, 2.24) is 15.0 Å². The molecule has 2 amide bonds. The molecule has 2 aromatic rings. The molecular formula is C21H25N3O4. The van der Waals surface area contributed by atoms with Crippen molar-refractivity contribution in [2.75, 3.05) is 26.7 Å². The van der Waals surface area contributed by atoms with Crippen LogP contribution in [0.15, 0.2) is 34.9 Å². The zero-order valence-corrected chi connectivity index (χ0v) is 16.4. The van der Waals surface area contributed by atoms with Gasteiger partial charge in [-0.05, 0) is 24.6 Å². The smallest absolute Gasteiger partial charge is 0.230 e. The van der Waals surface area contributed by atoms with Crippen molar-refractivity contribution in [2.24, 2.45) is 11.8 Å². The summed E-state index contributed by atoms with van der Waals surface area (Å²) in [4.78, 5) is 28.8. The highest BCUT2D eigenvalue weighted by atomic mass is 16.5. The van der Waals surface area contributed by atoms with E-state index in [4.69, 9.17) is 9.26 Å². The van der Waals surface area contributed by atoms with E-state index in [1.54, 1.807) is 20.1 Å². The van der Waals surface area contributed by atoms with Crippen molar-refractivity contribution >= 4 is 11.8 Å². The Morgan fingerprint density at radius 3 is 2.57 bits per heavy atom. The normalized spacial score (nSPS) is 23.8. The van der Waals surface area contributed by atoms with Crippen molar-refractivity contribution in [2.45, 2.75) is 26.3 Å². The summed E-state index contributed by atoms with van der Waals surface area (Å²) >= 11 is 0. The number of ether oxygens (including phenoxy) is 1. The third-order valence-electron chi connectivity index (χ3n) is 5.88. The van der Waals surface area contributed by atoms with Gasteiger partial charge in [-0.3, -0.25) is 9.59 Å². The van der Waals surface area contributed by atoms with Gasteiger partial charge in [-0.15, -0.1) is 0 Å². The molecule has 4 rings (SSSR count). The molecule has 7 nitrogen and oxygen atoms in total. The van der Waals surface area contributed by atoms with E-state index in [2.05, 4.69) is 5.16 Å². The summed E-state index contributed by atoms with van der Waals surface area (Å²) in [5.74, 6) is 2.03. The standard InChI is InChI=1S/C21H25N3O4/c1-13-8-18(28-22-13)9-20(26)23-10-16-11-24(14(2)25)21(19(16)12-23)15-4-6-17(27-3)7-5-15/h4-8,16,19,21H,9-12H2,1-3H3/t16-,19-,21+/m1/s1. The Hall–Kier alpha value is -2.83. The minimum Gasteiger partial charge on any atom is -0.497 e. The molecule has 3 atom stereocenters. The number of fused-ring (bicyclic) bond motifs is 1. The minimum atomic E-state index is -0.0151. The lowest BCUT2D eigenvalue weighted by Gasteiger charge is -2.29. The number of methoxy groups -OCH3 is 1. The van der Waals surface area contributed by atoms with E-state index in [-0.39, 0.29) is 36.1 Å². The first kappa shape index (κ1) is 18.5. The summed E-state index contributed by atoms with van der Waals surface area (Å²) in [6.45, 7) is 5.46. The number of aryl methyl sites for hydroxylation is 1. The molecule has 0 radical (unpaired) electrons. The largest absolute Gasteiger partial charge is 0.497 e. The van der Waals surface area contributed by atoms with Gasteiger partial charge in [0.05, 0.1) is 25.3 Å². The Labute approximate surface area is 164 Å². The zero-order valence-electron chi connectivity index (χ0n) is 16.4. The summed E-state index contributed by atoms with van der Waals surface area (Å²) in [5, 5.41) is 3.85. The van der Waals surface area contributed by atoms with Crippen LogP contribution in [0.4, 0.5) is 0 Å². The van der Waals surface area contributed by atoms with Crippen molar-refractivity contribution in [3.05, 3.63) is 47.3 Å². The van der Waals surface area contributed by atoms with Gasteiger partial charge in [0.25, 0.3) is 0 Å². The van der Waals surface area contributed by atoms with Gasteiger partial charge < -0.3 is 19.1 Å². The Kier molecular flexibility index (Phi) is 4.83. The average molecular weight is 383 g/mol. The third kappa shape index (κ3) is 3.37. The quantitative estimate of drug-likeness (QED) is 0.809. The highest BCUT2D eigenvalue weighted by Gasteiger charge is 2.49. The maximum Gasteiger partial charge on any atom is 0.230 e. The predicted octanol–water partition coefficient (Wildman–Crippen LogP) is 2.21. The number of aromatic nitrogens is 1. The molecule has 3 heterocycles. The van der Waals surface area contributed by atoms with Crippen molar-refractivity contribution in [3.63, 3.8) is 0 Å². The summed E-state index contributed by atoms with van der Waals surface area (Å²) in [7, 11) is 1.64. The van der Waals surface area contributed by atoms with Crippen LogP contribution in [-0.2, 0) is 16.0 Å². The lowest BCUT2D eigenvalue weighted by molar-refractivity contribution is -0.131. The summed E-state index contributed by atoms with van der Waals surface area (Å²) < 4.78 is 10.4. The fraction of sp³-hybridized carbons (Fsp3) is 0.476. The first-order valence-corrected chi connectivity index (χ1v) is 9.57. The van der Waals surface area contributed by atoms with E-state index >= 15 is 0 Å². The molecule has 0 bridgehead atoms. The molecule has 148 valence electrons. The molecule has 2 aliphatic heterocycles. The monoisotopic (exact) mass is 383 g/mol. The number of amides is 2. The number of hydrogen-bond acceptors (Lipinski definition) is 5. The Bertz CT molecular complexity index is 876. The second-order valence-corrected chi connectivity index (χ2v) is 7.72. The molecule has 1 aromatic heterocycles. The van der Waals surface area contributed by atoms with Crippen LogP contribution in [0.25, 0.3) is 0 Å². The van der Waals surface area contributed by atoms with Gasteiger partial charge in [0, 0.05) is 44.5 Å². The second-order valence-electron chi connectivity index (χ2n) is 7.72. The molecule has 0 aliphatic carbocycles. The average Bonchev–Trinajstić information content (AvgIpc) is 3.35. The van der Waals surface area contributed by atoms with Gasteiger partial charge in [-0.1, -0.05) is 17.3 Å². The summed E-state index contributed by atoms with van der Waals surface area (Å²) in [5.41, 5.74) is 1.86. The topological polar surface area (TPSA) is 75.9 Å². The lowest BCUT2D eigenvalue weighted by Crippen LogP contribution is -2.37. The fourth-order valence-corrected chi connectivity index (χ4v) is 4.56. The van der Waals surface area contributed by atoms with Gasteiger partial charge in [0.2, 0.25) is 11.8 Å². The maximum absolute atomic E-state index is 12.7. The number of hydrogen-bond donors (Lipinski definition) is 0. The molecule has 28 heavy (non-hydrogen) atoms. The van der Waals surface area contributed by atoms with Gasteiger partial charge >= 0.3 is 0 Å². The van der Waals surface area contributed by atoms with Crippen LogP contribution in [0.3, 0.4) is 0 Å². The Morgan fingerprint density at radius 2 is 1.96 bits per heavy atom. The van der Waals surface area contributed by atoms with Crippen LogP contribution in [0, 0.1) is 18.8 Å². The van der Waals surface area contributed by atoms with E-state index in [0.29, 0.717) is 25.4 Å². The van der Waals surface area contributed by atoms with Crippen LogP contribution in [-0.4, -0.2) is 53.5 Å². The van der Waals surface area contributed by atoms with Crippen LogP contribution >= 0.6 is 0 Å². The van der Waals surface area contributed by atoms with Crippen LogP contribution in [0.5, 0.6) is 5.75 Å². The van der Waals surface area contributed by atoms with E-state index < -0.39 is 0 Å². The van der Waals surface area contributed by atoms with Gasteiger partial charge in [-0.25, -0.2) is 0 Å². The SMILES string of the molecule is COc1ccc([C@H]2[C@@H]3CN(C(=O)Cc4cc(C)no4)C[C@@H]3CN2C(C)=O)cc1. The first-order valence-electron chi connectivity index (χ1n) is 9.57. The van der Waals surface area contributed by atoms with Crippen molar-refractivity contribution in [3.8, 4) is 5.75 Å². The third-order valence-corrected chi connectivity index (χ3v) is 5.88. The molecule has 0 N–H and O–H groups in total.